The first-order chi connectivity index (χ1) is 17.1. The molecule has 0 atom stereocenters. The SMILES string of the molecule is [2H]C([2H])([2H])c1cc(C)c(-c2n(-c3c(C([2H])(C)C)cccc3C([2H])(C)C)cc[n+]2C)cc1-c1ccccc1. The first-order valence-electron chi connectivity index (χ1n) is 13.5. The van der Waals surface area contributed by atoms with Crippen molar-refractivity contribution in [3.8, 4) is 28.2 Å². The van der Waals surface area contributed by atoms with E-state index >= 15 is 0 Å². The molecule has 0 bridgehead atoms. The Morgan fingerprint density at radius 3 is 2.09 bits per heavy atom. The molecule has 0 fully saturated rings. The molecule has 0 spiro atoms. The van der Waals surface area contributed by atoms with Crippen LogP contribution in [0, 0.1) is 13.8 Å². The van der Waals surface area contributed by atoms with Gasteiger partial charge in [-0.1, -0.05) is 82.3 Å². The summed E-state index contributed by atoms with van der Waals surface area (Å²) in [6.07, 6.45) is 3.93. The van der Waals surface area contributed by atoms with Crippen LogP contribution < -0.4 is 4.57 Å². The summed E-state index contributed by atoms with van der Waals surface area (Å²) < 4.78 is 46.4. The van der Waals surface area contributed by atoms with Gasteiger partial charge < -0.3 is 0 Å². The number of imidazole rings is 1. The maximum absolute atomic E-state index is 8.89. The van der Waals surface area contributed by atoms with Crippen LogP contribution >= 0.6 is 0 Å². The molecule has 164 valence electrons. The van der Waals surface area contributed by atoms with Crippen LogP contribution in [0.4, 0.5) is 0 Å². The molecule has 32 heavy (non-hydrogen) atoms. The van der Waals surface area contributed by atoms with Crippen LogP contribution in [0.15, 0.2) is 73.1 Å². The minimum atomic E-state index is -2.26. The largest absolute Gasteiger partial charge is 0.294 e. The summed E-state index contributed by atoms with van der Waals surface area (Å²) in [5, 5.41) is 0. The Kier molecular flexibility index (Phi) is 4.53. The van der Waals surface area contributed by atoms with E-state index in [0.29, 0.717) is 11.1 Å². The lowest BCUT2D eigenvalue weighted by Crippen LogP contribution is -2.29. The van der Waals surface area contributed by atoms with Gasteiger partial charge in [-0.2, -0.15) is 4.57 Å². The van der Waals surface area contributed by atoms with Crippen LogP contribution in [-0.4, -0.2) is 4.57 Å². The Balaban J connectivity index is 2.09. The molecule has 0 saturated carbocycles. The van der Waals surface area contributed by atoms with Crippen LogP contribution in [0.3, 0.4) is 0 Å². The molecule has 1 aromatic heterocycles. The van der Waals surface area contributed by atoms with Gasteiger partial charge in [0.1, 0.15) is 18.1 Å². The topological polar surface area (TPSA) is 8.81 Å². The van der Waals surface area contributed by atoms with Crippen LogP contribution in [-0.2, 0) is 7.05 Å². The smallest absolute Gasteiger partial charge is 0.232 e. The third-order valence-electron chi connectivity index (χ3n) is 6.05. The van der Waals surface area contributed by atoms with Crippen molar-refractivity contribution in [2.45, 2.75) is 53.3 Å². The first-order valence-corrected chi connectivity index (χ1v) is 11.0. The summed E-state index contributed by atoms with van der Waals surface area (Å²) in [5.41, 5.74) is 6.03. The minimum Gasteiger partial charge on any atom is -0.232 e. The number of benzene rings is 3. The van der Waals surface area contributed by atoms with Gasteiger partial charge in [-0.15, -0.1) is 0 Å². The summed E-state index contributed by atoms with van der Waals surface area (Å²) in [7, 11) is 1.96. The van der Waals surface area contributed by atoms with E-state index in [9.17, 15) is 0 Å². The Bertz CT molecular complexity index is 1400. The second-order valence-electron chi connectivity index (χ2n) is 8.88. The zero-order chi connectivity index (χ0) is 27.3. The summed E-state index contributed by atoms with van der Waals surface area (Å²) >= 11 is 0. The number of hydrogen-bond donors (Lipinski definition) is 0. The lowest BCUT2D eigenvalue weighted by molar-refractivity contribution is -0.659. The molecule has 2 heteroatoms. The number of aromatic nitrogens is 2. The third-order valence-corrected chi connectivity index (χ3v) is 6.05. The van der Waals surface area contributed by atoms with E-state index in [2.05, 4.69) is 4.57 Å². The molecule has 4 aromatic rings. The maximum atomic E-state index is 8.89. The Morgan fingerprint density at radius 2 is 1.50 bits per heavy atom. The second-order valence-corrected chi connectivity index (χ2v) is 8.88. The highest BCUT2D eigenvalue weighted by molar-refractivity contribution is 5.75. The molecule has 4 rings (SSSR count). The fourth-order valence-electron chi connectivity index (χ4n) is 4.39. The van der Waals surface area contributed by atoms with Gasteiger partial charge in [0.05, 0.1) is 12.6 Å². The highest BCUT2D eigenvalue weighted by atomic mass is 15.1. The molecule has 0 unspecified atom stereocenters. The van der Waals surface area contributed by atoms with Crippen molar-refractivity contribution in [3.63, 3.8) is 0 Å². The van der Waals surface area contributed by atoms with Gasteiger partial charge in [-0.3, -0.25) is 0 Å². The summed E-state index contributed by atoms with van der Waals surface area (Å²) in [6.45, 7) is 7.12. The molecule has 3 aromatic carbocycles. The number of rotatable bonds is 5. The zero-order valence-corrected chi connectivity index (χ0v) is 19.8. The zero-order valence-electron chi connectivity index (χ0n) is 24.8. The maximum Gasteiger partial charge on any atom is 0.294 e. The molecule has 0 saturated heterocycles. The predicted molar refractivity (Wildman–Crippen MR) is 135 cm³/mol. The first kappa shape index (κ1) is 16.5. The number of para-hydroxylation sites is 1. The van der Waals surface area contributed by atoms with Crippen molar-refractivity contribution < 1.29 is 11.4 Å². The summed E-state index contributed by atoms with van der Waals surface area (Å²) in [5.74, 6) is -0.938. The van der Waals surface area contributed by atoms with E-state index in [1.54, 1.807) is 6.07 Å². The van der Waals surface area contributed by atoms with Gasteiger partial charge in [0.15, 0.2) is 0 Å². The van der Waals surface area contributed by atoms with Crippen LogP contribution in [0.1, 0.15) is 68.6 Å². The number of aryl methyl sites for hydroxylation is 3. The molecule has 1 heterocycles. The third kappa shape index (κ3) is 3.90. The van der Waals surface area contributed by atoms with Gasteiger partial charge in [0, 0.05) is 18.0 Å². The normalized spacial score (nSPS) is 14.9. The molecule has 0 N–H and O–H groups in total. The Labute approximate surface area is 200 Å². The van der Waals surface area contributed by atoms with Gasteiger partial charge in [0.25, 0.3) is 5.82 Å². The van der Waals surface area contributed by atoms with E-state index in [4.69, 9.17) is 6.85 Å². The van der Waals surface area contributed by atoms with Gasteiger partial charge in [-0.05, 0) is 53.9 Å². The summed E-state index contributed by atoms with van der Waals surface area (Å²) in [4.78, 5) is 0. The molecule has 0 radical (unpaired) electrons. The van der Waals surface area contributed by atoms with Crippen LogP contribution in [0.5, 0.6) is 0 Å². The fourth-order valence-corrected chi connectivity index (χ4v) is 4.39. The molecule has 2 nitrogen and oxygen atoms in total. The Morgan fingerprint density at radius 1 is 0.844 bits per heavy atom. The molecule has 0 aliphatic heterocycles. The standard InChI is InChI=1S/C30H35N2/c1-20(2)25-14-11-15-26(21(3)4)29(25)32-17-16-31(7)30(32)28-19-27(22(5)18-23(28)6)24-12-9-8-10-13-24/h8-21H,1-7H3/q+1/i5D3,20D,21D. The van der Waals surface area contributed by atoms with Gasteiger partial charge in [0.2, 0.25) is 0 Å². The van der Waals surface area contributed by atoms with Crippen molar-refractivity contribution in [1.82, 2.24) is 4.57 Å². The fraction of sp³-hybridized carbons (Fsp3) is 0.300. The second kappa shape index (κ2) is 8.78. The molecule has 0 amide bonds. The molecule has 0 aliphatic rings. The van der Waals surface area contributed by atoms with Crippen molar-refractivity contribution in [1.29, 1.82) is 0 Å². The predicted octanol–water partition coefficient (Wildman–Crippen LogP) is 7.50. The average Bonchev–Trinajstić information content (AvgIpc) is 3.18. The van der Waals surface area contributed by atoms with E-state index in [0.717, 1.165) is 39.3 Å². The van der Waals surface area contributed by atoms with Crippen LogP contribution in [0.2, 0.25) is 0 Å². The molecule has 0 aliphatic carbocycles. The summed E-state index contributed by atoms with van der Waals surface area (Å²) in [6, 6.07) is 19.2. The average molecular weight is 429 g/mol. The van der Waals surface area contributed by atoms with E-state index < -0.39 is 18.6 Å². The van der Waals surface area contributed by atoms with E-state index in [1.807, 2.05) is 113 Å². The van der Waals surface area contributed by atoms with Crippen LogP contribution in [0.25, 0.3) is 28.2 Å². The van der Waals surface area contributed by atoms with Crippen molar-refractivity contribution in [2.75, 3.05) is 0 Å². The lowest BCUT2D eigenvalue weighted by Gasteiger charge is -2.18. The highest BCUT2D eigenvalue weighted by Gasteiger charge is 2.27. The van der Waals surface area contributed by atoms with E-state index in [-0.39, 0.29) is 0 Å². The van der Waals surface area contributed by atoms with Crippen molar-refractivity contribution in [3.05, 3.63) is 95.3 Å². The minimum absolute atomic E-state index is 0.321. The quantitative estimate of drug-likeness (QED) is 0.291. The van der Waals surface area contributed by atoms with Gasteiger partial charge >= 0.3 is 0 Å². The monoisotopic (exact) mass is 428 g/mol. The molecular weight excluding hydrogens is 388 g/mol. The molecular formula is C30H35N2+. The van der Waals surface area contributed by atoms with E-state index in [1.165, 1.54) is 0 Å². The lowest BCUT2D eigenvalue weighted by atomic mass is 9.91. The van der Waals surface area contributed by atoms with Crippen molar-refractivity contribution >= 4 is 0 Å². The van der Waals surface area contributed by atoms with Gasteiger partial charge in [-0.25, -0.2) is 4.57 Å². The number of hydrogen-bond acceptors (Lipinski definition) is 0. The highest BCUT2D eigenvalue weighted by Crippen LogP contribution is 2.36. The Hall–Kier alpha value is -3.13. The van der Waals surface area contributed by atoms with Crippen molar-refractivity contribution in [2.24, 2.45) is 7.05 Å². The number of nitrogens with zero attached hydrogens (tertiary/aromatic N) is 2.